The number of halogens is 3. The third kappa shape index (κ3) is 4.46. The van der Waals surface area contributed by atoms with Crippen LogP contribution < -0.4 is 5.32 Å². The van der Waals surface area contributed by atoms with Crippen LogP contribution in [0.25, 0.3) is 5.69 Å². The normalized spacial score (nSPS) is 10.9. The number of anilines is 1. The Kier molecular flexibility index (Phi) is 5.90. The number of amides is 1. The van der Waals surface area contributed by atoms with E-state index in [1.54, 1.807) is 0 Å². The molecule has 0 spiro atoms. The van der Waals surface area contributed by atoms with Crippen molar-refractivity contribution >= 4 is 40.6 Å². The number of hydrogen-bond acceptors (Lipinski definition) is 5. The molecule has 7 nitrogen and oxygen atoms in total. The van der Waals surface area contributed by atoms with Crippen LogP contribution in [0.1, 0.15) is 10.5 Å². The van der Waals surface area contributed by atoms with Crippen LogP contribution in [0, 0.1) is 10.1 Å². The van der Waals surface area contributed by atoms with E-state index in [0.29, 0.717) is 5.69 Å². The van der Waals surface area contributed by atoms with Gasteiger partial charge in [0, 0.05) is 18.3 Å². The Morgan fingerprint density at radius 2 is 1.93 bits per heavy atom. The molecular formula is C17H11ClF2N4O3S. The van der Waals surface area contributed by atoms with Crippen LogP contribution in [0.4, 0.5) is 20.2 Å². The predicted octanol–water partition coefficient (Wildman–Crippen LogP) is 5.00. The first kappa shape index (κ1) is 19.8. The molecule has 28 heavy (non-hydrogen) atoms. The molecule has 0 aliphatic carbocycles. The standard InChI is InChI=1S/C17H11ClF2N4O3S/c18-12-2-1-3-13(15(12)28-17(19)20)21-16(25)14-8-9-23(22-14)10-4-6-11(7-5-10)24(26)27/h1-9,17H,(H,21,25). The summed E-state index contributed by atoms with van der Waals surface area (Å²) in [5, 5.41) is 17.4. The number of alkyl halides is 2. The van der Waals surface area contributed by atoms with Crippen LogP contribution in [0.15, 0.2) is 59.6 Å². The maximum Gasteiger partial charge on any atom is 0.289 e. The summed E-state index contributed by atoms with van der Waals surface area (Å²) >= 11 is 6.18. The molecule has 0 saturated carbocycles. The number of benzene rings is 2. The maximum absolute atomic E-state index is 12.7. The number of rotatable bonds is 6. The SMILES string of the molecule is O=C(Nc1cccc(Cl)c1SC(F)F)c1ccn(-c2ccc([N+](=O)[O-])cc2)n1. The Labute approximate surface area is 166 Å². The Morgan fingerprint density at radius 3 is 2.57 bits per heavy atom. The molecule has 3 aromatic rings. The summed E-state index contributed by atoms with van der Waals surface area (Å²) in [7, 11) is 0. The zero-order valence-electron chi connectivity index (χ0n) is 13.9. The molecule has 0 fully saturated rings. The highest BCUT2D eigenvalue weighted by Gasteiger charge is 2.17. The molecule has 1 aromatic heterocycles. The lowest BCUT2D eigenvalue weighted by molar-refractivity contribution is -0.384. The van der Waals surface area contributed by atoms with Crippen LogP contribution in [0.3, 0.4) is 0 Å². The summed E-state index contributed by atoms with van der Waals surface area (Å²) in [4.78, 5) is 22.7. The van der Waals surface area contributed by atoms with Gasteiger partial charge in [0.1, 0.15) is 0 Å². The number of nitrogens with zero attached hydrogens (tertiary/aromatic N) is 3. The third-order valence-corrected chi connectivity index (χ3v) is 4.85. The van der Waals surface area contributed by atoms with Gasteiger partial charge in [0.25, 0.3) is 17.4 Å². The van der Waals surface area contributed by atoms with Crippen molar-refractivity contribution in [3.05, 3.63) is 75.6 Å². The summed E-state index contributed by atoms with van der Waals surface area (Å²) < 4.78 is 26.9. The van der Waals surface area contributed by atoms with Crippen LogP contribution in [0.5, 0.6) is 0 Å². The highest BCUT2D eigenvalue weighted by atomic mass is 35.5. The van der Waals surface area contributed by atoms with Gasteiger partial charge < -0.3 is 5.32 Å². The Bertz CT molecular complexity index is 1030. The summed E-state index contributed by atoms with van der Waals surface area (Å²) in [6.45, 7) is 0. The van der Waals surface area contributed by atoms with Crippen molar-refractivity contribution in [1.29, 1.82) is 0 Å². The molecule has 1 amide bonds. The molecule has 3 rings (SSSR count). The minimum absolute atomic E-state index is 0.0336. The molecule has 0 unspecified atom stereocenters. The number of thioether (sulfide) groups is 1. The van der Waals surface area contributed by atoms with Crippen molar-refractivity contribution in [2.75, 3.05) is 5.32 Å². The maximum atomic E-state index is 12.7. The molecule has 1 N–H and O–H groups in total. The minimum Gasteiger partial charge on any atom is -0.319 e. The van der Waals surface area contributed by atoms with Crippen molar-refractivity contribution in [2.45, 2.75) is 10.7 Å². The highest BCUT2D eigenvalue weighted by molar-refractivity contribution is 7.99. The zero-order valence-corrected chi connectivity index (χ0v) is 15.5. The van der Waals surface area contributed by atoms with Gasteiger partial charge in [-0.05, 0) is 30.3 Å². The number of carbonyl (C=O) groups is 1. The topological polar surface area (TPSA) is 90.1 Å². The van der Waals surface area contributed by atoms with Gasteiger partial charge in [-0.15, -0.1) is 0 Å². The van der Waals surface area contributed by atoms with Gasteiger partial charge in [0.2, 0.25) is 0 Å². The minimum atomic E-state index is -2.70. The molecule has 0 bridgehead atoms. The highest BCUT2D eigenvalue weighted by Crippen LogP contribution is 2.37. The molecule has 1 heterocycles. The quantitative estimate of drug-likeness (QED) is 0.341. The Hall–Kier alpha value is -2.98. The average Bonchev–Trinajstić information content (AvgIpc) is 3.14. The number of non-ortho nitro benzene ring substituents is 1. The van der Waals surface area contributed by atoms with Gasteiger partial charge in [-0.3, -0.25) is 14.9 Å². The van der Waals surface area contributed by atoms with E-state index in [1.807, 2.05) is 0 Å². The number of nitro benzene ring substituents is 1. The Balaban J connectivity index is 1.80. The van der Waals surface area contributed by atoms with E-state index < -0.39 is 16.6 Å². The summed E-state index contributed by atoms with van der Waals surface area (Å²) in [6.07, 6.45) is 1.50. The Morgan fingerprint density at radius 1 is 1.21 bits per heavy atom. The summed E-state index contributed by atoms with van der Waals surface area (Å²) in [6, 6.07) is 11.5. The van der Waals surface area contributed by atoms with E-state index in [4.69, 9.17) is 11.6 Å². The summed E-state index contributed by atoms with van der Waals surface area (Å²) in [5.74, 6) is -3.31. The predicted molar refractivity (Wildman–Crippen MR) is 101 cm³/mol. The van der Waals surface area contributed by atoms with Crippen molar-refractivity contribution in [3.63, 3.8) is 0 Å². The average molecular weight is 425 g/mol. The van der Waals surface area contributed by atoms with Crippen LogP contribution >= 0.6 is 23.4 Å². The fourth-order valence-corrected chi connectivity index (χ4v) is 3.23. The lowest BCUT2D eigenvalue weighted by atomic mass is 10.3. The van der Waals surface area contributed by atoms with Crippen LogP contribution in [0.2, 0.25) is 5.02 Å². The fourth-order valence-electron chi connectivity index (χ4n) is 2.32. The first-order chi connectivity index (χ1) is 13.3. The number of nitrogens with one attached hydrogen (secondary N) is 1. The van der Waals surface area contributed by atoms with Gasteiger partial charge in [-0.1, -0.05) is 29.4 Å². The van der Waals surface area contributed by atoms with Gasteiger partial charge in [0.15, 0.2) is 5.69 Å². The fraction of sp³-hybridized carbons (Fsp3) is 0.0588. The van der Waals surface area contributed by atoms with Gasteiger partial charge in [-0.25, -0.2) is 4.68 Å². The van der Waals surface area contributed by atoms with Crippen LogP contribution in [-0.2, 0) is 0 Å². The van der Waals surface area contributed by atoms with Gasteiger partial charge in [-0.2, -0.15) is 13.9 Å². The largest absolute Gasteiger partial charge is 0.319 e. The number of carbonyl (C=O) groups excluding carboxylic acids is 1. The van der Waals surface area contributed by atoms with E-state index in [1.165, 1.54) is 59.4 Å². The number of aromatic nitrogens is 2. The first-order valence-corrected chi connectivity index (χ1v) is 8.96. The molecule has 0 radical (unpaired) electrons. The molecule has 144 valence electrons. The molecule has 0 aliphatic heterocycles. The smallest absolute Gasteiger partial charge is 0.289 e. The number of hydrogen-bond donors (Lipinski definition) is 1. The van der Waals surface area contributed by atoms with Crippen molar-refractivity contribution in [1.82, 2.24) is 9.78 Å². The van der Waals surface area contributed by atoms with Crippen molar-refractivity contribution in [3.8, 4) is 5.69 Å². The van der Waals surface area contributed by atoms with Crippen molar-refractivity contribution < 1.29 is 18.5 Å². The zero-order chi connectivity index (χ0) is 20.3. The third-order valence-electron chi connectivity index (χ3n) is 3.57. The molecule has 0 saturated heterocycles. The van der Waals surface area contributed by atoms with E-state index >= 15 is 0 Å². The first-order valence-electron chi connectivity index (χ1n) is 7.70. The lowest BCUT2D eigenvalue weighted by Crippen LogP contribution is -2.14. The van der Waals surface area contributed by atoms with E-state index in [0.717, 1.165) is 0 Å². The van der Waals surface area contributed by atoms with E-state index in [-0.39, 0.29) is 38.7 Å². The van der Waals surface area contributed by atoms with Gasteiger partial charge in [0.05, 0.1) is 26.2 Å². The second kappa shape index (κ2) is 8.36. The molecule has 0 atom stereocenters. The molecule has 2 aromatic carbocycles. The summed E-state index contributed by atoms with van der Waals surface area (Å²) in [5.41, 5.74) is 0.624. The van der Waals surface area contributed by atoms with Crippen LogP contribution in [-0.4, -0.2) is 26.4 Å². The molecule has 0 aliphatic rings. The second-order valence-corrected chi connectivity index (χ2v) is 6.78. The van der Waals surface area contributed by atoms with E-state index in [2.05, 4.69) is 10.4 Å². The van der Waals surface area contributed by atoms with E-state index in [9.17, 15) is 23.7 Å². The van der Waals surface area contributed by atoms with Crippen molar-refractivity contribution in [2.24, 2.45) is 0 Å². The lowest BCUT2D eigenvalue weighted by Gasteiger charge is -2.11. The number of nitro groups is 1. The monoisotopic (exact) mass is 424 g/mol. The van der Waals surface area contributed by atoms with Gasteiger partial charge >= 0.3 is 0 Å². The molecule has 11 heteroatoms. The molecular weight excluding hydrogens is 414 g/mol. The second-order valence-electron chi connectivity index (χ2n) is 5.37.